The summed E-state index contributed by atoms with van der Waals surface area (Å²) in [7, 11) is 0. The van der Waals surface area contributed by atoms with Gasteiger partial charge in [0.1, 0.15) is 12.4 Å². The van der Waals surface area contributed by atoms with E-state index in [1.54, 1.807) is 6.07 Å². The summed E-state index contributed by atoms with van der Waals surface area (Å²) in [4.78, 5) is 3.60. The molecule has 2 rings (SSSR count). The summed E-state index contributed by atoms with van der Waals surface area (Å²) >= 11 is 0. The van der Waals surface area contributed by atoms with Crippen molar-refractivity contribution in [3.05, 3.63) is 35.9 Å². The molecule has 1 aromatic heterocycles. The van der Waals surface area contributed by atoms with Crippen LogP contribution in [0.4, 0.5) is 18.9 Å². The van der Waals surface area contributed by atoms with Crippen LogP contribution in [0.1, 0.15) is 11.4 Å². The van der Waals surface area contributed by atoms with Gasteiger partial charge in [0.15, 0.2) is 0 Å². The first kappa shape index (κ1) is 11.9. The van der Waals surface area contributed by atoms with Crippen LogP contribution in [0.25, 0.3) is 5.69 Å². The largest absolute Gasteiger partial charge is 0.418 e. The first-order valence-corrected chi connectivity index (χ1v) is 4.70. The lowest BCUT2D eigenvalue weighted by Crippen LogP contribution is -2.10. The monoisotopic (exact) mass is 253 g/mol. The molecule has 0 aliphatic heterocycles. The van der Waals surface area contributed by atoms with Crippen molar-refractivity contribution in [3.8, 4) is 11.8 Å². The lowest BCUT2D eigenvalue weighted by Gasteiger charge is -2.11. The zero-order chi connectivity index (χ0) is 13.3. The summed E-state index contributed by atoms with van der Waals surface area (Å²) in [5.41, 5.74) is 4.08. The Labute approximate surface area is 99.3 Å². The summed E-state index contributed by atoms with van der Waals surface area (Å²) in [6.45, 7) is 0. The van der Waals surface area contributed by atoms with Gasteiger partial charge >= 0.3 is 6.18 Å². The molecular weight excluding hydrogens is 247 g/mol. The Balaban J connectivity index is 2.51. The Kier molecular flexibility index (Phi) is 2.67. The van der Waals surface area contributed by atoms with Crippen molar-refractivity contribution in [2.45, 2.75) is 6.18 Å². The third kappa shape index (κ3) is 2.10. The Bertz CT molecular complexity index is 623. The van der Waals surface area contributed by atoms with Crippen molar-refractivity contribution in [2.24, 2.45) is 0 Å². The number of alkyl halides is 3. The molecule has 0 saturated carbocycles. The average Bonchev–Trinajstić information content (AvgIpc) is 2.76. The molecule has 5 nitrogen and oxygen atoms in total. The second-order valence-electron chi connectivity index (χ2n) is 3.39. The molecule has 0 fully saturated rings. The number of benzene rings is 1. The number of nitrogen functional groups attached to an aromatic ring is 1. The molecule has 92 valence electrons. The van der Waals surface area contributed by atoms with Crippen LogP contribution >= 0.6 is 0 Å². The first-order valence-electron chi connectivity index (χ1n) is 4.70. The maximum atomic E-state index is 12.6. The minimum atomic E-state index is -4.54. The van der Waals surface area contributed by atoms with E-state index in [1.807, 2.05) is 0 Å². The third-order valence-corrected chi connectivity index (χ3v) is 2.20. The van der Waals surface area contributed by atoms with Crippen LogP contribution in [0.2, 0.25) is 0 Å². The summed E-state index contributed by atoms with van der Waals surface area (Å²) in [6, 6.07) is 5.03. The van der Waals surface area contributed by atoms with Crippen molar-refractivity contribution in [3.63, 3.8) is 0 Å². The number of rotatable bonds is 1. The zero-order valence-electron chi connectivity index (χ0n) is 8.81. The second-order valence-corrected chi connectivity index (χ2v) is 3.39. The first-order chi connectivity index (χ1) is 8.41. The van der Waals surface area contributed by atoms with E-state index in [4.69, 9.17) is 11.0 Å². The summed E-state index contributed by atoms with van der Waals surface area (Å²) < 4.78 is 39.0. The number of aromatic nitrogens is 3. The van der Waals surface area contributed by atoms with E-state index < -0.39 is 11.7 Å². The van der Waals surface area contributed by atoms with E-state index in [-0.39, 0.29) is 17.2 Å². The molecule has 0 amide bonds. The normalized spacial score (nSPS) is 11.2. The highest BCUT2D eigenvalue weighted by atomic mass is 19.4. The molecule has 0 aliphatic carbocycles. The van der Waals surface area contributed by atoms with Gasteiger partial charge < -0.3 is 5.73 Å². The molecule has 1 aromatic carbocycles. The van der Waals surface area contributed by atoms with E-state index in [2.05, 4.69) is 10.1 Å². The molecule has 8 heteroatoms. The highest BCUT2D eigenvalue weighted by molar-refractivity contribution is 5.53. The molecule has 0 atom stereocenters. The topological polar surface area (TPSA) is 80.5 Å². The molecule has 1 heterocycles. The van der Waals surface area contributed by atoms with Crippen LogP contribution in [0, 0.1) is 11.3 Å². The molecular formula is C10H6F3N5. The smallest absolute Gasteiger partial charge is 0.398 e. The van der Waals surface area contributed by atoms with Crippen LogP contribution in [0.5, 0.6) is 0 Å². The zero-order valence-corrected chi connectivity index (χ0v) is 8.81. The van der Waals surface area contributed by atoms with Gasteiger partial charge in [-0.3, -0.25) is 0 Å². The van der Waals surface area contributed by atoms with Gasteiger partial charge in [-0.1, -0.05) is 0 Å². The Hall–Kier alpha value is -2.56. The number of nitrogens with zero attached hydrogens (tertiary/aromatic N) is 4. The van der Waals surface area contributed by atoms with Crippen LogP contribution in [0.15, 0.2) is 24.5 Å². The third-order valence-electron chi connectivity index (χ3n) is 2.20. The van der Waals surface area contributed by atoms with Crippen molar-refractivity contribution in [1.29, 1.82) is 5.26 Å². The lowest BCUT2D eigenvalue weighted by molar-refractivity contribution is -0.136. The van der Waals surface area contributed by atoms with Gasteiger partial charge in [-0.25, -0.2) is 9.67 Å². The Morgan fingerprint density at radius 1 is 1.33 bits per heavy atom. The molecule has 2 aromatic rings. The van der Waals surface area contributed by atoms with Crippen molar-refractivity contribution in [1.82, 2.24) is 14.8 Å². The summed E-state index contributed by atoms with van der Waals surface area (Å²) in [5.74, 6) is -0.125. The maximum absolute atomic E-state index is 12.6. The average molecular weight is 253 g/mol. The van der Waals surface area contributed by atoms with Crippen molar-refractivity contribution < 1.29 is 13.2 Å². The van der Waals surface area contributed by atoms with Crippen molar-refractivity contribution in [2.75, 3.05) is 5.73 Å². The molecule has 0 bridgehead atoms. The van der Waals surface area contributed by atoms with Crippen LogP contribution in [0.3, 0.4) is 0 Å². The SMILES string of the molecule is N#Cc1ncn(-c2ccc(N)c(C(F)(F)F)c2)n1. The number of halogens is 3. The van der Waals surface area contributed by atoms with E-state index in [0.29, 0.717) is 0 Å². The fourth-order valence-corrected chi connectivity index (χ4v) is 1.37. The molecule has 0 radical (unpaired) electrons. The number of anilines is 1. The van der Waals surface area contributed by atoms with Crippen molar-refractivity contribution >= 4 is 5.69 Å². The predicted molar refractivity (Wildman–Crippen MR) is 55.5 cm³/mol. The fourth-order valence-electron chi connectivity index (χ4n) is 1.37. The van der Waals surface area contributed by atoms with Gasteiger partial charge in [-0.2, -0.15) is 18.4 Å². The summed E-state index contributed by atoms with van der Waals surface area (Å²) in [6.07, 6.45) is -3.39. The molecule has 0 saturated heterocycles. The van der Waals surface area contributed by atoms with Gasteiger partial charge in [0.05, 0.1) is 11.3 Å². The van der Waals surface area contributed by atoms with E-state index in [9.17, 15) is 13.2 Å². The Morgan fingerprint density at radius 3 is 2.61 bits per heavy atom. The van der Waals surface area contributed by atoms with Crippen LogP contribution < -0.4 is 5.73 Å². The maximum Gasteiger partial charge on any atom is 0.418 e. The van der Waals surface area contributed by atoms with Gasteiger partial charge in [-0.15, -0.1) is 5.10 Å². The highest BCUT2D eigenvalue weighted by Gasteiger charge is 2.33. The molecule has 0 unspecified atom stereocenters. The number of hydrogen-bond donors (Lipinski definition) is 1. The predicted octanol–water partition coefficient (Wildman–Crippen LogP) is 1.74. The lowest BCUT2D eigenvalue weighted by atomic mass is 10.1. The van der Waals surface area contributed by atoms with Gasteiger partial charge in [0, 0.05) is 5.69 Å². The number of nitrogens with two attached hydrogens (primary N) is 1. The fraction of sp³-hybridized carbons (Fsp3) is 0.100. The van der Waals surface area contributed by atoms with Gasteiger partial charge in [-0.05, 0) is 18.2 Å². The molecule has 18 heavy (non-hydrogen) atoms. The Morgan fingerprint density at radius 2 is 2.06 bits per heavy atom. The van der Waals surface area contributed by atoms with Gasteiger partial charge in [0.25, 0.3) is 5.82 Å². The standard InChI is InChI=1S/C10H6F3N5/c11-10(12,13)7-3-6(1-2-8(7)15)18-5-16-9(4-14)17-18/h1-3,5H,15H2. The van der Waals surface area contributed by atoms with Crippen LogP contribution in [-0.4, -0.2) is 14.8 Å². The van der Waals surface area contributed by atoms with E-state index >= 15 is 0 Å². The minimum absolute atomic E-state index is 0.125. The summed E-state index contributed by atoms with van der Waals surface area (Å²) in [5, 5.41) is 12.2. The minimum Gasteiger partial charge on any atom is -0.398 e. The van der Waals surface area contributed by atoms with E-state index in [0.717, 1.165) is 23.1 Å². The molecule has 0 spiro atoms. The number of nitriles is 1. The quantitative estimate of drug-likeness (QED) is 0.785. The molecule has 0 aliphatic rings. The van der Waals surface area contributed by atoms with Gasteiger partial charge in [0.2, 0.25) is 0 Å². The number of hydrogen-bond acceptors (Lipinski definition) is 4. The van der Waals surface area contributed by atoms with E-state index in [1.165, 1.54) is 6.07 Å². The highest BCUT2D eigenvalue weighted by Crippen LogP contribution is 2.34. The second kappa shape index (κ2) is 4.03. The van der Waals surface area contributed by atoms with Crippen LogP contribution in [-0.2, 0) is 6.18 Å². The molecule has 2 N–H and O–H groups in total.